The summed E-state index contributed by atoms with van der Waals surface area (Å²) in [7, 11) is 1.40. The van der Waals surface area contributed by atoms with Crippen molar-refractivity contribution in [3.63, 3.8) is 0 Å². The number of hydrogen-bond donors (Lipinski definition) is 1. The standard InChI is InChI=1S/C25H16FN3O4S2/c1-32-19-9-7-14(11-16(19)26)21-23-22(15-4-2-3-5-20(15)34-23)29(24(21)33-25(30)31)12-13-6-8-17-18(10-13)28-35-27-17/h2-11H,12H2,1H3,(H,30,31). The van der Waals surface area contributed by atoms with Crippen LogP contribution >= 0.6 is 23.1 Å². The van der Waals surface area contributed by atoms with Gasteiger partial charge in [0.1, 0.15) is 11.0 Å². The van der Waals surface area contributed by atoms with Gasteiger partial charge in [0.25, 0.3) is 0 Å². The number of hydrogen-bond acceptors (Lipinski definition) is 7. The summed E-state index contributed by atoms with van der Waals surface area (Å²) in [5, 5.41) is 10.6. The molecule has 174 valence electrons. The fraction of sp³-hybridized carbons (Fsp3) is 0.0800. The van der Waals surface area contributed by atoms with Crippen LogP contribution in [0.25, 0.3) is 42.5 Å². The molecule has 0 spiro atoms. The second-order valence-corrected chi connectivity index (χ2v) is 9.43. The van der Waals surface area contributed by atoms with Crippen LogP contribution in [0.4, 0.5) is 9.18 Å². The SMILES string of the molecule is COc1ccc(-c2c(OC(=O)O)n(Cc3ccc4nsnc4c3)c3c2sc2ccccc23)cc1F. The molecule has 0 aliphatic heterocycles. The molecule has 0 aliphatic rings. The predicted molar refractivity (Wildman–Crippen MR) is 134 cm³/mol. The minimum atomic E-state index is -1.45. The number of rotatable bonds is 5. The van der Waals surface area contributed by atoms with E-state index in [0.717, 1.165) is 48.6 Å². The molecule has 7 nitrogen and oxygen atoms in total. The Bertz CT molecular complexity index is 1750. The van der Waals surface area contributed by atoms with Gasteiger partial charge in [0.05, 0.1) is 41.2 Å². The van der Waals surface area contributed by atoms with Crippen LogP contribution in [0.3, 0.4) is 0 Å². The summed E-state index contributed by atoms with van der Waals surface area (Å²) in [6.45, 7) is 0.325. The highest BCUT2D eigenvalue weighted by molar-refractivity contribution is 7.26. The van der Waals surface area contributed by atoms with Crippen LogP contribution in [0.5, 0.6) is 11.6 Å². The number of thiophene rings is 1. The van der Waals surface area contributed by atoms with E-state index >= 15 is 0 Å². The Hall–Kier alpha value is -4.02. The molecule has 0 unspecified atom stereocenters. The normalized spacial score (nSPS) is 11.5. The Kier molecular flexibility index (Phi) is 5.12. The number of ether oxygens (including phenoxy) is 2. The van der Waals surface area contributed by atoms with Crippen molar-refractivity contribution in [3.8, 4) is 22.8 Å². The van der Waals surface area contributed by atoms with Gasteiger partial charge in [0.15, 0.2) is 11.6 Å². The van der Waals surface area contributed by atoms with Crippen molar-refractivity contribution in [1.82, 2.24) is 13.3 Å². The Morgan fingerprint density at radius 2 is 1.91 bits per heavy atom. The van der Waals surface area contributed by atoms with E-state index in [2.05, 4.69) is 8.75 Å². The van der Waals surface area contributed by atoms with E-state index < -0.39 is 12.0 Å². The van der Waals surface area contributed by atoms with Crippen LogP contribution in [0.15, 0.2) is 60.7 Å². The number of halogens is 1. The van der Waals surface area contributed by atoms with Crippen LogP contribution in [0, 0.1) is 5.82 Å². The van der Waals surface area contributed by atoms with Gasteiger partial charge in [-0.2, -0.15) is 8.75 Å². The summed E-state index contributed by atoms with van der Waals surface area (Å²) in [5.74, 6) is -0.313. The monoisotopic (exact) mass is 505 g/mol. The van der Waals surface area contributed by atoms with E-state index in [9.17, 15) is 14.3 Å². The summed E-state index contributed by atoms with van der Waals surface area (Å²) in [6, 6.07) is 18.2. The summed E-state index contributed by atoms with van der Waals surface area (Å²) in [4.78, 5) is 11.8. The minimum absolute atomic E-state index is 0.103. The lowest BCUT2D eigenvalue weighted by Gasteiger charge is -2.12. The first-order chi connectivity index (χ1) is 17.0. The summed E-state index contributed by atoms with van der Waals surface area (Å²) >= 11 is 2.65. The lowest BCUT2D eigenvalue weighted by molar-refractivity contribution is 0.141. The van der Waals surface area contributed by atoms with E-state index in [1.807, 2.05) is 47.0 Å². The zero-order chi connectivity index (χ0) is 24.1. The third-order valence-electron chi connectivity index (χ3n) is 5.81. The van der Waals surface area contributed by atoms with Crippen molar-refractivity contribution in [2.45, 2.75) is 6.54 Å². The zero-order valence-electron chi connectivity index (χ0n) is 18.2. The predicted octanol–water partition coefficient (Wildman–Crippen LogP) is 6.78. The fourth-order valence-electron chi connectivity index (χ4n) is 4.33. The van der Waals surface area contributed by atoms with Crippen LogP contribution in [0.2, 0.25) is 0 Å². The highest BCUT2D eigenvalue weighted by atomic mass is 32.1. The highest BCUT2D eigenvalue weighted by Crippen LogP contribution is 2.48. The van der Waals surface area contributed by atoms with Gasteiger partial charge in [-0.05, 0) is 41.5 Å². The van der Waals surface area contributed by atoms with Crippen LogP contribution < -0.4 is 9.47 Å². The number of carboxylic acid groups (broad SMARTS) is 1. The molecule has 3 heterocycles. The third-order valence-corrected chi connectivity index (χ3v) is 7.54. The van der Waals surface area contributed by atoms with Gasteiger partial charge >= 0.3 is 6.16 Å². The number of aromatic nitrogens is 3. The molecule has 0 bridgehead atoms. The molecule has 0 amide bonds. The molecule has 6 rings (SSSR count). The number of carbonyl (C=O) groups is 1. The van der Waals surface area contributed by atoms with Gasteiger partial charge in [-0.1, -0.05) is 30.3 Å². The van der Waals surface area contributed by atoms with E-state index in [0.29, 0.717) is 17.7 Å². The number of benzene rings is 3. The first-order valence-corrected chi connectivity index (χ1v) is 12.1. The quantitative estimate of drug-likeness (QED) is 0.260. The molecular weight excluding hydrogens is 489 g/mol. The summed E-state index contributed by atoms with van der Waals surface area (Å²) in [6.07, 6.45) is -1.45. The molecule has 1 N–H and O–H groups in total. The van der Waals surface area contributed by atoms with Gasteiger partial charge in [-0.25, -0.2) is 9.18 Å². The van der Waals surface area contributed by atoms with E-state index in [1.165, 1.54) is 30.6 Å². The van der Waals surface area contributed by atoms with E-state index in [4.69, 9.17) is 9.47 Å². The maximum absolute atomic E-state index is 14.7. The van der Waals surface area contributed by atoms with Crippen molar-refractivity contribution in [1.29, 1.82) is 0 Å². The molecule has 0 radical (unpaired) electrons. The van der Waals surface area contributed by atoms with Gasteiger partial charge < -0.3 is 19.1 Å². The average molecular weight is 506 g/mol. The van der Waals surface area contributed by atoms with Crippen molar-refractivity contribution in [3.05, 3.63) is 72.0 Å². The molecule has 35 heavy (non-hydrogen) atoms. The Morgan fingerprint density at radius 3 is 2.71 bits per heavy atom. The molecule has 0 aliphatic carbocycles. The summed E-state index contributed by atoms with van der Waals surface area (Å²) < 4.78 is 37.4. The van der Waals surface area contributed by atoms with Crippen LogP contribution in [-0.2, 0) is 6.54 Å². The Balaban J connectivity index is 1.65. The number of methoxy groups -OCH3 is 1. The third kappa shape index (κ3) is 3.58. The van der Waals surface area contributed by atoms with Gasteiger partial charge in [-0.15, -0.1) is 11.3 Å². The second-order valence-electron chi connectivity index (χ2n) is 7.85. The molecule has 0 saturated heterocycles. The van der Waals surface area contributed by atoms with Crippen LogP contribution in [0.1, 0.15) is 5.56 Å². The molecule has 0 saturated carbocycles. The zero-order valence-corrected chi connectivity index (χ0v) is 19.8. The Morgan fingerprint density at radius 1 is 1.09 bits per heavy atom. The second kappa shape index (κ2) is 8.33. The molecular formula is C25H16FN3O4S2. The van der Waals surface area contributed by atoms with Gasteiger partial charge in [0.2, 0.25) is 5.88 Å². The lowest BCUT2D eigenvalue weighted by atomic mass is 10.1. The van der Waals surface area contributed by atoms with Crippen molar-refractivity contribution < 1.29 is 23.8 Å². The van der Waals surface area contributed by atoms with Gasteiger partial charge in [-0.3, -0.25) is 0 Å². The largest absolute Gasteiger partial charge is 0.512 e. The highest BCUT2D eigenvalue weighted by Gasteiger charge is 2.26. The minimum Gasteiger partial charge on any atom is -0.494 e. The number of fused-ring (bicyclic) bond motifs is 4. The first kappa shape index (κ1) is 21.5. The lowest BCUT2D eigenvalue weighted by Crippen LogP contribution is -2.10. The van der Waals surface area contributed by atoms with Crippen molar-refractivity contribution in [2.24, 2.45) is 0 Å². The molecule has 10 heteroatoms. The van der Waals surface area contributed by atoms with Crippen molar-refractivity contribution >= 4 is 60.6 Å². The Labute approximate surface area is 205 Å². The van der Waals surface area contributed by atoms with Crippen LogP contribution in [-0.4, -0.2) is 31.7 Å². The summed E-state index contributed by atoms with van der Waals surface area (Å²) in [5.41, 5.74) is 4.30. The maximum Gasteiger partial charge on any atom is 0.512 e. The number of nitrogens with zero attached hydrogens (tertiary/aromatic N) is 3. The molecule has 0 fully saturated rings. The average Bonchev–Trinajstić information content (AvgIpc) is 3.52. The topological polar surface area (TPSA) is 86.5 Å². The van der Waals surface area contributed by atoms with E-state index in [-0.39, 0.29) is 11.6 Å². The molecule has 0 atom stereocenters. The van der Waals surface area contributed by atoms with E-state index in [1.54, 1.807) is 6.07 Å². The maximum atomic E-state index is 14.7. The van der Waals surface area contributed by atoms with Crippen molar-refractivity contribution in [2.75, 3.05) is 7.11 Å². The molecule has 3 aromatic carbocycles. The first-order valence-electron chi connectivity index (χ1n) is 10.5. The molecule has 6 aromatic rings. The fourth-order valence-corrected chi connectivity index (χ4v) is 6.11. The molecule has 3 aromatic heterocycles. The van der Waals surface area contributed by atoms with Gasteiger partial charge in [0, 0.05) is 10.1 Å². The smallest absolute Gasteiger partial charge is 0.494 e.